The van der Waals surface area contributed by atoms with Crippen LogP contribution in [0.2, 0.25) is 5.02 Å². The van der Waals surface area contributed by atoms with Gasteiger partial charge in [-0.05, 0) is 60.7 Å². The van der Waals surface area contributed by atoms with Crippen molar-refractivity contribution in [3.63, 3.8) is 0 Å². The molecule has 1 atom stereocenters. The highest BCUT2D eigenvalue weighted by atomic mass is 35.5. The summed E-state index contributed by atoms with van der Waals surface area (Å²) in [6.07, 6.45) is 5.15. The third-order valence-corrected chi connectivity index (χ3v) is 10.1. The van der Waals surface area contributed by atoms with Crippen LogP contribution in [-0.2, 0) is 10.0 Å². The van der Waals surface area contributed by atoms with Crippen molar-refractivity contribution in [1.29, 1.82) is 0 Å². The van der Waals surface area contributed by atoms with E-state index in [9.17, 15) is 22.7 Å². The van der Waals surface area contributed by atoms with E-state index in [0.29, 0.717) is 34.8 Å². The van der Waals surface area contributed by atoms with E-state index >= 15 is 0 Å². The molecule has 39 heavy (non-hydrogen) atoms. The molecule has 1 saturated carbocycles. The lowest BCUT2D eigenvalue weighted by Gasteiger charge is -2.37. The number of sulfonamides is 1. The maximum absolute atomic E-state index is 14.2. The maximum atomic E-state index is 14.2. The molecule has 1 heterocycles. The first kappa shape index (κ1) is 27.4. The average Bonchev–Trinajstić information content (AvgIpc) is 3.01. The summed E-state index contributed by atoms with van der Waals surface area (Å²) in [6, 6.07) is 13.8. The van der Waals surface area contributed by atoms with Crippen LogP contribution in [0.5, 0.6) is 5.75 Å². The van der Waals surface area contributed by atoms with Gasteiger partial charge < -0.3 is 14.7 Å². The molecule has 206 valence electrons. The monoisotopic (exact) mass is 572 g/mol. The van der Waals surface area contributed by atoms with Crippen LogP contribution < -0.4 is 9.64 Å². The van der Waals surface area contributed by atoms with Crippen LogP contribution in [0.1, 0.15) is 42.5 Å². The molecule has 10 heteroatoms. The van der Waals surface area contributed by atoms with E-state index < -0.39 is 27.4 Å². The third-order valence-electron chi connectivity index (χ3n) is 7.91. The number of rotatable bonds is 5. The number of fused-ring (bicyclic) bond motifs is 1. The Kier molecular flexibility index (Phi) is 7.59. The van der Waals surface area contributed by atoms with Crippen molar-refractivity contribution in [2.24, 2.45) is 5.92 Å². The van der Waals surface area contributed by atoms with Crippen molar-refractivity contribution in [2.75, 3.05) is 25.6 Å². The van der Waals surface area contributed by atoms with Gasteiger partial charge in [0.15, 0.2) is 0 Å². The Morgan fingerprint density at radius 2 is 1.77 bits per heavy atom. The lowest BCUT2D eigenvalue weighted by atomic mass is 9.83. The molecular weight excluding hydrogens is 543 g/mol. The fourth-order valence-corrected chi connectivity index (χ4v) is 7.69. The van der Waals surface area contributed by atoms with E-state index in [1.165, 1.54) is 22.5 Å². The van der Waals surface area contributed by atoms with Crippen molar-refractivity contribution in [1.82, 2.24) is 4.31 Å². The Morgan fingerprint density at radius 3 is 2.46 bits per heavy atom. The van der Waals surface area contributed by atoms with Crippen LogP contribution in [0.15, 0.2) is 59.5 Å². The van der Waals surface area contributed by atoms with Crippen LogP contribution in [-0.4, -0.2) is 50.5 Å². The van der Waals surface area contributed by atoms with Crippen LogP contribution in [0.4, 0.5) is 15.8 Å². The Morgan fingerprint density at radius 1 is 1.05 bits per heavy atom. The predicted octanol–water partition coefficient (Wildman–Crippen LogP) is 6.57. The standard InChI is InChI=1S/C29H30ClFN2O5S/c1-32-26(18-8-4-3-5-9-18)17-33(24-10-6-7-11-27(24)38-2)25-16-22(30)20(15-28(25)39(32,36)37)19-12-13-23(31)21(14-19)29(34)35/h6-7,10-16,18,26H,3-5,8-9,17H2,1-2H3,(H,34,35)/t26-/m0/s1. The molecule has 1 aliphatic carbocycles. The molecular formula is C29H30ClFN2O5S. The fourth-order valence-electron chi connectivity index (χ4n) is 5.82. The van der Waals surface area contributed by atoms with Crippen molar-refractivity contribution in [2.45, 2.75) is 43.0 Å². The molecule has 3 aromatic rings. The molecule has 0 spiro atoms. The Hall–Kier alpha value is -3.14. The number of hydrogen-bond donors (Lipinski definition) is 1. The molecule has 7 nitrogen and oxygen atoms in total. The number of carboxylic acids is 1. The van der Waals surface area contributed by atoms with Gasteiger partial charge in [0.1, 0.15) is 16.5 Å². The molecule has 0 unspecified atom stereocenters. The molecule has 3 aromatic carbocycles. The number of nitrogens with zero attached hydrogens (tertiary/aromatic N) is 2. The molecule has 1 N–H and O–H groups in total. The Bertz CT molecular complexity index is 1520. The number of ether oxygens (including phenoxy) is 1. The summed E-state index contributed by atoms with van der Waals surface area (Å²) < 4.78 is 49.7. The quantitative estimate of drug-likeness (QED) is 0.372. The second-order valence-corrected chi connectivity index (χ2v) is 12.4. The lowest BCUT2D eigenvalue weighted by Crippen LogP contribution is -2.46. The summed E-state index contributed by atoms with van der Waals surface area (Å²) in [5, 5.41) is 9.64. The van der Waals surface area contributed by atoms with Gasteiger partial charge >= 0.3 is 5.97 Å². The second kappa shape index (κ2) is 10.8. The minimum Gasteiger partial charge on any atom is -0.495 e. The number of benzene rings is 3. The minimum atomic E-state index is -4.00. The van der Waals surface area contributed by atoms with Gasteiger partial charge in [-0.25, -0.2) is 17.6 Å². The summed E-state index contributed by atoms with van der Waals surface area (Å²) in [4.78, 5) is 13.6. The number of methoxy groups -OCH3 is 1. The molecule has 2 aliphatic rings. The van der Waals surface area contributed by atoms with E-state index in [2.05, 4.69) is 0 Å². The van der Waals surface area contributed by atoms with E-state index in [0.717, 1.165) is 38.2 Å². The number of para-hydroxylation sites is 2. The van der Waals surface area contributed by atoms with Gasteiger partial charge in [0.25, 0.3) is 0 Å². The highest BCUT2D eigenvalue weighted by molar-refractivity contribution is 7.89. The SMILES string of the molecule is COc1ccccc1N1C[C@@H](C2CCCCC2)N(C)S(=O)(=O)c2cc(-c3ccc(F)c(C(=O)O)c3)c(Cl)cc21. The molecule has 0 radical (unpaired) electrons. The highest BCUT2D eigenvalue weighted by Gasteiger charge is 2.41. The summed E-state index contributed by atoms with van der Waals surface area (Å²) in [6.45, 7) is 0.406. The Balaban J connectivity index is 1.74. The van der Waals surface area contributed by atoms with E-state index in [1.54, 1.807) is 20.2 Å². The number of carbonyl (C=O) groups is 1. The zero-order valence-electron chi connectivity index (χ0n) is 21.7. The molecule has 0 saturated heterocycles. The number of anilines is 2. The van der Waals surface area contributed by atoms with Gasteiger partial charge in [-0.1, -0.05) is 49.1 Å². The summed E-state index contributed by atoms with van der Waals surface area (Å²) in [7, 11) is -0.799. The van der Waals surface area contributed by atoms with E-state index in [1.807, 2.05) is 29.2 Å². The molecule has 0 aromatic heterocycles. The van der Waals surface area contributed by atoms with Crippen LogP contribution in [0.3, 0.4) is 0 Å². The smallest absolute Gasteiger partial charge is 0.338 e. The van der Waals surface area contributed by atoms with Gasteiger partial charge in [0.2, 0.25) is 10.0 Å². The van der Waals surface area contributed by atoms with Gasteiger partial charge in [-0.3, -0.25) is 0 Å². The zero-order chi connectivity index (χ0) is 27.9. The number of aromatic carboxylic acids is 1. The summed E-state index contributed by atoms with van der Waals surface area (Å²) in [5.41, 5.74) is 1.19. The van der Waals surface area contributed by atoms with Crippen molar-refractivity contribution >= 4 is 39.0 Å². The largest absolute Gasteiger partial charge is 0.495 e. The lowest BCUT2D eigenvalue weighted by molar-refractivity contribution is 0.0692. The highest BCUT2D eigenvalue weighted by Crippen LogP contribution is 2.46. The van der Waals surface area contributed by atoms with Gasteiger partial charge in [-0.15, -0.1) is 0 Å². The first-order valence-electron chi connectivity index (χ1n) is 12.9. The van der Waals surface area contributed by atoms with E-state index in [-0.39, 0.29) is 21.9 Å². The van der Waals surface area contributed by atoms with Crippen molar-refractivity contribution in [3.8, 4) is 16.9 Å². The van der Waals surface area contributed by atoms with Gasteiger partial charge in [0.05, 0.1) is 29.1 Å². The first-order valence-corrected chi connectivity index (χ1v) is 14.7. The topological polar surface area (TPSA) is 87.2 Å². The molecule has 1 fully saturated rings. The summed E-state index contributed by atoms with van der Waals surface area (Å²) >= 11 is 6.75. The van der Waals surface area contributed by atoms with Crippen molar-refractivity contribution in [3.05, 3.63) is 71.0 Å². The van der Waals surface area contributed by atoms with Crippen molar-refractivity contribution < 1.29 is 27.4 Å². The third kappa shape index (κ3) is 4.99. The minimum absolute atomic E-state index is 0.0369. The fraction of sp³-hybridized carbons (Fsp3) is 0.345. The van der Waals surface area contributed by atoms with Crippen LogP contribution in [0.25, 0.3) is 11.1 Å². The predicted molar refractivity (Wildman–Crippen MR) is 149 cm³/mol. The average molecular weight is 573 g/mol. The van der Waals surface area contributed by atoms with Crippen LogP contribution >= 0.6 is 11.6 Å². The van der Waals surface area contributed by atoms with Gasteiger partial charge in [-0.2, -0.15) is 4.31 Å². The first-order chi connectivity index (χ1) is 18.6. The molecule has 5 rings (SSSR count). The maximum Gasteiger partial charge on any atom is 0.338 e. The number of carboxylic acid groups (broad SMARTS) is 1. The van der Waals surface area contributed by atoms with Gasteiger partial charge in [0, 0.05) is 25.2 Å². The molecule has 0 amide bonds. The zero-order valence-corrected chi connectivity index (χ0v) is 23.3. The Labute approximate surface area is 232 Å². The van der Waals surface area contributed by atoms with Crippen LogP contribution in [0, 0.1) is 11.7 Å². The normalized spacial score (nSPS) is 19.8. The molecule has 1 aliphatic heterocycles. The number of halogens is 2. The summed E-state index contributed by atoms with van der Waals surface area (Å²) in [5.74, 6) is -1.53. The second-order valence-electron chi connectivity index (χ2n) is 10.1. The molecule has 0 bridgehead atoms. The number of hydrogen-bond acceptors (Lipinski definition) is 5. The number of likely N-dealkylation sites (N-methyl/N-ethyl adjacent to an activating group) is 1. The van der Waals surface area contributed by atoms with E-state index in [4.69, 9.17) is 16.3 Å².